The summed E-state index contributed by atoms with van der Waals surface area (Å²) in [6.07, 6.45) is 0.599. The third kappa shape index (κ3) is 3.20. The van der Waals surface area contributed by atoms with Gasteiger partial charge in [-0.05, 0) is 24.5 Å². The first-order chi connectivity index (χ1) is 9.09. The van der Waals surface area contributed by atoms with E-state index in [4.69, 9.17) is 0 Å². The number of nitrogens with zero attached hydrogens (tertiary/aromatic N) is 1. The Kier molecular flexibility index (Phi) is 4.32. The standard InChI is InChI=1S/C15H14BrNO2/c1-11-6-2-4-8-13(11)14(16)10-12-7-3-5-9-15(12)17(18)19/h2-9,14H,10H2,1H3. The molecular weight excluding hydrogens is 306 g/mol. The van der Waals surface area contributed by atoms with Crippen molar-refractivity contribution >= 4 is 21.6 Å². The Labute approximate surface area is 120 Å². The fourth-order valence-electron chi connectivity index (χ4n) is 2.10. The minimum Gasteiger partial charge on any atom is -0.258 e. The van der Waals surface area contributed by atoms with Crippen molar-refractivity contribution in [2.45, 2.75) is 18.2 Å². The van der Waals surface area contributed by atoms with Crippen LogP contribution in [0, 0.1) is 17.0 Å². The Hall–Kier alpha value is -1.68. The van der Waals surface area contributed by atoms with Gasteiger partial charge in [0.05, 0.1) is 4.92 Å². The SMILES string of the molecule is Cc1ccccc1C(Br)Cc1ccccc1[N+](=O)[O-]. The number of aryl methyl sites for hydroxylation is 1. The van der Waals surface area contributed by atoms with Crippen molar-refractivity contribution in [2.24, 2.45) is 0 Å². The van der Waals surface area contributed by atoms with E-state index >= 15 is 0 Å². The summed E-state index contributed by atoms with van der Waals surface area (Å²) in [6.45, 7) is 2.04. The molecule has 0 aliphatic rings. The largest absolute Gasteiger partial charge is 0.272 e. The first kappa shape index (κ1) is 13.7. The maximum Gasteiger partial charge on any atom is 0.272 e. The van der Waals surface area contributed by atoms with Gasteiger partial charge in [0.2, 0.25) is 0 Å². The summed E-state index contributed by atoms with van der Waals surface area (Å²) < 4.78 is 0. The van der Waals surface area contributed by atoms with Gasteiger partial charge in [0.25, 0.3) is 5.69 Å². The van der Waals surface area contributed by atoms with Crippen molar-refractivity contribution in [2.75, 3.05) is 0 Å². The molecule has 0 aromatic heterocycles. The summed E-state index contributed by atoms with van der Waals surface area (Å²) in [7, 11) is 0. The lowest BCUT2D eigenvalue weighted by Gasteiger charge is -2.13. The third-order valence-electron chi connectivity index (χ3n) is 3.11. The number of benzene rings is 2. The quantitative estimate of drug-likeness (QED) is 0.470. The van der Waals surface area contributed by atoms with Crippen LogP contribution in [0.3, 0.4) is 0 Å². The number of nitro groups is 1. The zero-order chi connectivity index (χ0) is 13.8. The molecule has 0 amide bonds. The summed E-state index contributed by atoms with van der Waals surface area (Å²) in [5.41, 5.74) is 3.28. The van der Waals surface area contributed by atoms with Gasteiger partial charge in [-0.15, -0.1) is 0 Å². The minimum absolute atomic E-state index is 0.0785. The summed E-state index contributed by atoms with van der Waals surface area (Å²) in [6, 6.07) is 14.9. The lowest BCUT2D eigenvalue weighted by atomic mass is 9.99. The highest BCUT2D eigenvalue weighted by Crippen LogP contribution is 2.32. The van der Waals surface area contributed by atoms with E-state index in [0.29, 0.717) is 6.42 Å². The molecule has 19 heavy (non-hydrogen) atoms. The van der Waals surface area contributed by atoms with E-state index in [0.717, 1.165) is 5.56 Å². The molecule has 3 nitrogen and oxygen atoms in total. The molecule has 0 saturated heterocycles. The minimum atomic E-state index is -0.326. The predicted molar refractivity (Wildman–Crippen MR) is 79.6 cm³/mol. The molecule has 0 fully saturated rings. The van der Waals surface area contributed by atoms with Crippen LogP contribution >= 0.6 is 15.9 Å². The van der Waals surface area contributed by atoms with E-state index < -0.39 is 0 Å². The molecule has 0 aliphatic carbocycles. The number of nitro benzene ring substituents is 1. The summed E-state index contributed by atoms with van der Waals surface area (Å²) in [4.78, 5) is 10.7. The summed E-state index contributed by atoms with van der Waals surface area (Å²) >= 11 is 3.63. The molecule has 4 heteroatoms. The van der Waals surface area contributed by atoms with Gasteiger partial charge in [-0.25, -0.2) is 0 Å². The van der Waals surface area contributed by atoms with Crippen LogP contribution in [-0.4, -0.2) is 4.92 Å². The second kappa shape index (κ2) is 5.97. The maximum atomic E-state index is 11.0. The van der Waals surface area contributed by atoms with E-state index in [1.54, 1.807) is 12.1 Å². The van der Waals surface area contributed by atoms with E-state index in [1.165, 1.54) is 11.1 Å². The molecular formula is C15H14BrNO2. The smallest absolute Gasteiger partial charge is 0.258 e. The Bertz CT molecular complexity index is 598. The summed E-state index contributed by atoms with van der Waals surface area (Å²) in [5, 5.41) is 11.0. The van der Waals surface area contributed by atoms with Gasteiger partial charge in [-0.3, -0.25) is 10.1 Å². The van der Waals surface area contributed by atoms with Gasteiger partial charge < -0.3 is 0 Å². The average Bonchev–Trinajstić information content (AvgIpc) is 2.39. The lowest BCUT2D eigenvalue weighted by Crippen LogP contribution is -2.01. The van der Waals surface area contributed by atoms with E-state index in [-0.39, 0.29) is 15.4 Å². The molecule has 1 atom stereocenters. The van der Waals surface area contributed by atoms with Gasteiger partial charge in [-0.1, -0.05) is 58.4 Å². The zero-order valence-electron chi connectivity index (χ0n) is 10.5. The topological polar surface area (TPSA) is 43.1 Å². The van der Waals surface area contributed by atoms with Crippen LogP contribution in [0.25, 0.3) is 0 Å². The van der Waals surface area contributed by atoms with Gasteiger partial charge in [0.15, 0.2) is 0 Å². The number of rotatable bonds is 4. The molecule has 0 aliphatic heterocycles. The highest BCUT2D eigenvalue weighted by Gasteiger charge is 2.17. The number of hydrogen-bond acceptors (Lipinski definition) is 2. The van der Waals surface area contributed by atoms with E-state index in [1.807, 2.05) is 43.3 Å². The molecule has 0 bridgehead atoms. The molecule has 98 valence electrons. The Balaban J connectivity index is 2.27. The predicted octanol–water partition coefficient (Wildman–Crippen LogP) is 4.58. The van der Waals surface area contributed by atoms with Crippen molar-refractivity contribution < 1.29 is 4.92 Å². The van der Waals surface area contributed by atoms with Crippen molar-refractivity contribution in [3.8, 4) is 0 Å². The van der Waals surface area contributed by atoms with Crippen molar-refractivity contribution in [3.05, 3.63) is 75.3 Å². The highest BCUT2D eigenvalue weighted by atomic mass is 79.9. The fraction of sp³-hybridized carbons (Fsp3) is 0.200. The Morgan fingerprint density at radius 3 is 2.47 bits per heavy atom. The number of hydrogen-bond donors (Lipinski definition) is 0. The van der Waals surface area contributed by atoms with Crippen LogP contribution in [0.2, 0.25) is 0 Å². The van der Waals surface area contributed by atoms with Crippen LogP contribution in [0.5, 0.6) is 0 Å². The van der Waals surface area contributed by atoms with Gasteiger partial charge in [-0.2, -0.15) is 0 Å². The molecule has 2 rings (SSSR count). The molecule has 0 radical (unpaired) electrons. The number of halogens is 1. The lowest BCUT2D eigenvalue weighted by molar-refractivity contribution is -0.385. The average molecular weight is 320 g/mol. The molecule has 0 N–H and O–H groups in total. The summed E-state index contributed by atoms with van der Waals surface area (Å²) in [5.74, 6) is 0. The maximum absolute atomic E-state index is 11.0. The van der Waals surface area contributed by atoms with Crippen LogP contribution in [-0.2, 0) is 6.42 Å². The Morgan fingerprint density at radius 2 is 1.79 bits per heavy atom. The van der Waals surface area contributed by atoms with Crippen LogP contribution in [0.4, 0.5) is 5.69 Å². The van der Waals surface area contributed by atoms with Gasteiger partial charge in [0.1, 0.15) is 0 Å². The molecule has 2 aromatic carbocycles. The van der Waals surface area contributed by atoms with Gasteiger partial charge in [0, 0.05) is 16.5 Å². The number of para-hydroxylation sites is 1. The van der Waals surface area contributed by atoms with Gasteiger partial charge >= 0.3 is 0 Å². The third-order valence-corrected chi connectivity index (χ3v) is 3.93. The highest BCUT2D eigenvalue weighted by molar-refractivity contribution is 9.09. The van der Waals surface area contributed by atoms with Crippen LogP contribution < -0.4 is 0 Å². The molecule has 0 heterocycles. The molecule has 2 aromatic rings. The van der Waals surface area contributed by atoms with Crippen LogP contribution in [0.1, 0.15) is 21.5 Å². The molecule has 1 unspecified atom stereocenters. The van der Waals surface area contributed by atoms with E-state index in [2.05, 4.69) is 15.9 Å². The van der Waals surface area contributed by atoms with E-state index in [9.17, 15) is 10.1 Å². The van der Waals surface area contributed by atoms with Crippen molar-refractivity contribution in [1.82, 2.24) is 0 Å². The first-order valence-electron chi connectivity index (χ1n) is 6.01. The second-order valence-electron chi connectivity index (χ2n) is 4.41. The number of alkyl halides is 1. The Morgan fingerprint density at radius 1 is 1.16 bits per heavy atom. The first-order valence-corrected chi connectivity index (χ1v) is 6.93. The monoisotopic (exact) mass is 319 g/mol. The molecule has 0 saturated carbocycles. The van der Waals surface area contributed by atoms with Crippen molar-refractivity contribution in [3.63, 3.8) is 0 Å². The zero-order valence-corrected chi connectivity index (χ0v) is 12.1. The fourth-order valence-corrected chi connectivity index (χ4v) is 2.97. The normalized spacial score (nSPS) is 12.1. The van der Waals surface area contributed by atoms with Crippen LogP contribution in [0.15, 0.2) is 48.5 Å². The second-order valence-corrected chi connectivity index (χ2v) is 5.52. The van der Waals surface area contributed by atoms with Crippen molar-refractivity contribution in [1.29, 1.82) is 0 Å². The molecule has 0 spiro atoms.